The van der Waals surface area contributed by atoms with E-state index < -0.39 is 12.0 Å². The number of nitrogens with zero attached hydrogens (tertiary/aromatic N) is 1. The van der Waals surface area contributed by atoms with E-state index >= 15 is 0 Å². The number of carboxylic acids is 1. The second-order valence-corrected chi connectivity index (χ2v) is 3.85. The van der Waals surface area contributed by atoms with E-state index in [0.717, 1.165) is 0 Å². The minimum atomic E-state index is -0.872. The molecule has 0 amide bonds. The van der Waals surface area contributed by atoms with Gasteiger partial charge in [0.25, 0.3) is 0 Å². The molecule has 3 unspecified atom stereocenters. The average molecular weight is 199 g/mol. The topological polar surface area (TPSA) is 60.8 Å². The summed E-state index contributed by atoms with van der Waals surface area (Å²) in [6, 6.07) is -0.620. The van der Waals surface area contributed by atoms with Gasteiger partial charge in [-0.05, 0) is 12.3 Å². The molecule has 80 valence electrons. The molecule has 0 aromatic heterocycles. The molecule has 0 radical (unpaired) electrons. The second-order valence-electron chi connectivity index (χ2n) is 3.85. The molecule has 1 aliphatic rings. The van der Waals surface area contributed by atoms with Crippen molar-refractivity contribution < 1.29 is 15.0 Å². The quantitative estimate of drug-likeness (QED) is 0.643. The molecule has 0 aromatic carbocycles. The zero-order valence-electron chi connectivity index (χ0n) is 8.39. The van der Waals surface area contributed by atoms with E-state index in [-0.39, 0.29) is 12.0 Å². The first-order valence-corrected chi connectivity index (χ1v) is 4.83. The molecular formula is C10H17NO3. The largest absolute Gasteiger partial charge is 0.480 e. The monoisotopic (exact) mass is 199 g/mol. The van der Waals surface area contributed by atoms with Crippen LogP contribution in [0.1, 0.15) is 13.3 Å². The molecule has 3 atom stereocenters. The predicted molar refractivity (Wildman–Crippen MR) is 53.0 cm³/mol. The predicted octanol–water partition coefficient (Wildman–Crippen LogP) is 0.328. The third kappa shape index (κ3) is 2.33. The zero-order valence-corrected chi connectivity index (χ0v) is 8.39. The molecule has 0 spiro atoms. The number of likely N-dealkylation sites (tertiary alicyclic amines) is 1. The molecule has 1 rings (SSSR count). The van der Waals surface area contributed by atoms with E-state index in [0.29, 0.717) is 19.5 Å². The SMILES string of the molecule is C=CC(C(=O)O)N1CCC(O)C(C)C1. The van der Waals surface area contributed by atoms with Gasteiger partial charge < -0.3 is 10.2 Å². The van der Waals surface area contributed by atoms with E-state index in [4.69, 9.17) is 5.11 Å². The number of aliphatic hydroxyl groups is 1. The first-order valence-electron chi connectivity index (χ1n) is 4.83. The summed E-state index contributed by atoms with van der Waals surface area (Å²) >= 11 is 0. The lowest BCUT2D eigenvalue weighted by Crippen LogP contribution is -2.49. The molecule has 1 heterocycles. The van der Waals surface area contributed by atoms with Crippen molar-refractivity contribution in [3.05, 3.63) is 12.7 Å². The van der Waals surface area contributed by atoms with Gasteiger partial charge in [0, 0.05) is 13.1 Å². The Kier molecular flexibility index (Phi) is 3.66. The van der Waals surface area contributed by atoms with Crippen LogP contribution >= 0.6 is 0 Å². The van der Waals surface area contributed by atoms with Crippen molar-refractivity contribution in [3.63, 3.8) is 0 Å². The van der Waals surface area contributed by atoms with Crippen molar-refractivity contribution in [2.24, 2.45) is 5.92 Å². The van der Waals surface area contributed by atoms with Crippen LogP contribution in [-0.4, -0.2) is 46.3 Å². The molecule has 1 fully saturated rings. The summed E-state index contributed by atoms with van der Waals surface area (Å²) in [5.41, 5.74) is 0. The van der Waals surface area contributed by atoms with Crippen LogP contribution in [0.5, 0.6) is 0 Å². The van der Waals surface area contributed by atoms with Crippen LogP contribution < -0.4 is 0 Å². The summed E-state index contributed by atoms with van der Waals surface area (Å²) in [5, 5.41) is 18.4. The van der Waals surface area contributed by atoms with Crippen LogP contribution in [-0.2, 0) is 4.79 Å². The Morgan fingerprint density at radius 1 is 1.71 bits per heavy atom. The van der Waals surface area contributed by atoms with Crippen molar-refractivity contribution >= 4 is 5.97 Å². The summed E-state index contributed by atoms with van der Waals surface area (Å²) in [4.78, 5) is 12.7. The first-order chi connectivity index (χ1) is 6.56. The third-order valence-corrected chi connectivity index (χ3v) is 2.76. The van der Waals surface area contributed by atoms with E-state index in [1.165, 1.54) is 6.08 Å². The van der Waals surface area contributed by atoms with Gasteiger partial charge in [0.1, 0.15) is 6.04 Å². The van der Waals surface area contributed by atoms with Gasteiger partial charge in [0.05, 0.1) is 6.10 Å². The number of carbonyl (C=O) groups is 1. The minimum absolute atomic E-state index is 0.130. The van der Waals surface area contributed by atoms with Crippen LogP contribution in [0.25, 0.3) is 0 Å². The standard InChI is InChI=1S/C10H17NO3/c1-3-8(10(13)14)11-5-4-9(12)7(2)6-11/h3,7-9,12H,1,4-6H2,2H3,(H,13,14). The summed E-state index contributed by atoms with van der Waals surface area (Å²) in [6.07, 6.45) is 1.77. The van der Waals surface area contributed by atoms with Crippen molar-refractivity contribution in [2.75, 3.05) is 13.1 Å². The fraction of sp³-hybridized carbons (Fsp3) is 0.700. The van der Waals surface area contributed by atoms with Crippen LogP contribution in [0.4, 0.5) is 0 Å². The Morgan fingerprint density at radius 3 is 2.79 bits per heavy atom. The highest BCUT2D eigenvalue weighted by Crippen LogP contribution is 2.18. The van der Waals surface area contributed by atoms with Crippen LogP contribution in [0.3, 0.4) is 0 Å². The number of aliphatic carboxylic acids is 1. The molecule has 0 saturated carbocycles. The smallest absolute Gasteiger partial charge is 0.324 e. The third-order valence-electron chi connectivity index (χ3n) is 2.76. The fourth-order valence-corrected chi connectivity index (χ4v) is 1.82. The highest BCUT2D eigenvalue weighted by Gasteiger charge is 2.30. The second kappa shape index (κ2) is 4.57. The molecule has 0 aromatic rings. The van der Waals surface area contributed by atoms with Crippen LogP contribution in [0.15, 0.2) is 12.7 Å². The lowest BCUT2D eigenvalue weighted by Gasteiger charge is -2.36. The van der Waals surface area contributed by atoms with Crippen molar-refractivity contribution in [1.82, 2.24) is 4.90 Å². The van der Waals surface area contributed by atoms with Crippen LogP contribution in [0, 0.1) is 5.92 Å². The maximum Gasteiger partial charge on any atom is 0.324 e. The Morgan fingerprint density at radius 2 is 2.36 bits per heavy atom. The van der Waals surface area contributed by atoms with E-state index in [1.807, 2.05) is 11.8 Å². The lowest BCUT2D eigenvalue weighted by molar-refractivity contribution is -0.142. The van der Waals surface area contributed by atoms with Gasteiger partial charge in [0.2, 0.25) is 0 Å². The summed E-state index contributed by atoms with van der Waals surface area (Å²) in [6.45, 7) is 6.68. The molecule has 1 saturated heterocycles. The van der Waals surface area contributed by atoms with Gasteiger partial charge in [0.15, 0.2) is 0 Å². The number of piperidine rings is 1. The fourth-order valence-electron chi connectivity index (χ4n) is 1.82. The number of carboxylic acid groups (broad SMARTS) is 1. The van der Waals surface area contributed by atoms with Gasteiger partial charge in [-0.15, -0.1) is 6.58 Å². The highest BCUT2D eigenvalue weighted by atomic mass is 16.4. The number of hydrogen-bond donors (Lipinski definition) is 2. The van der Waals surface area contributed by atoms with Crippen LogP contribution in [0.2, 0.25) is 0 Å². The normalized spacial score (nSPS) is 31.0. The Balaban J connectivity index is 2.61. The zero-order chi connectivity index (χ0) is 10.7. The molecule has 0 bridgehead atoms. The van der Waals surface area contributed by atoms with Gasteiger partial charge in [-0.1, -0.05) is 13.0 Å². The summed E-state index contributed by atoms with van der Waals surface area (Å²) in [7, 11) is 0. The van der Waals surface area contributed by atoms with Gasteiger partial charge in [-0.3, -0.25) is 9.69 Å². The molecule has 4 heteroatoms. The molecule has 2 N–H and O–H groups in total. The van der Waals surface area contributed by atoms with Gasteiger partial charge in [-0.25, -0.2) is 0 Å². The maximum absolute atomic E-state index is 10.8. The number of rotatable bonds is 3. The van der Waals surface area contributed by atoms with Crippen molar-refractivity contribution in [2.45, 2.75) is 25.5 Å². The Hall–Kier alpha value is -0.870. The van der Waals surface area contributed by atoms with Crippen molar-refractivity contribution in [1.29, 1.82) is 0 Å². The van der Waals surface area contributed by atoms with Gasteiger partial charge in [-0.2, -0.15) is 0 Å². The molecular weight excluding hydrogens is 182 g/mol. The summed E-state index contributed by atoms with van der Waals surface area (Å²) in [5.74, 6) is -0.742. The Bertz CT molecular complexity index is 229. The average Bonchev–Trinajstić information content (AvgIpc) is 2.11. The highest BCUT2D eigenvalue weighted by molar-refractivity contribution is 5.75. The van der Waals surface area contributed by atoms with E-state index in [9.17, 15) is 9.90 Å². The Labute approximate surface area is 83.8 Å². The molecule has 0 aliphatic carbocycles. The maximum atomic E-state index is 10.8. The molecule has 1 aliphatic heterocycles. The molecule has 4 nitrogen and oxygen atoms in total. The van der Waals surface area contributed by atoms with E-state index in [1.54, 1.807) is 0 Å². The minimum Gasteiger partial charge on any atom is -0.480 e. The van der Waals surface area contributed by atoms with Crippen molar-refractivity contribution in [3.8, 4) is 0 Å². The van der Waals surface area contributed by atoms with E-state index in [2.05, 4.69) is 6.58 Å². The number of hydrogen-bond acceptors (Lipinski definition) is 3. The number of aliphatic hydroxyl groups excluding tert-OH is 1. The van der Waals surface area contributed by atoms with Gasteiger partial charge >= 0.3 is 5.97 Å². The lowest BCUT2D eigenvalue weighted by atomic mass is 9.95. The molecule has 14 heavy (non-hydrogen) atoms. The summed E-state index contributed by atoms with van der Waals surface area (Å²) < 4.78 is 0. The first kappa shape index (κ1) is 11.2.